The molecule has 0 radical (unpaired) electrons. The average molecular weight is 328 g/mol. The van der Waals surface area contributed by atoms with E-state index in [2.05, 4.69) is 44.9 Å². The minimum Gasteiger partial charge on any atom is -0.352 e. The summed E-state index contributed by atoms with van der Waals surface area (Å²) < 4.78 is 0. The average Bonchev–Trinajstić information content (AvgIpc) is 2.98. The molecule has 3 heterocycles. The van der Waals surface area contributed by atoms with Crippen LogP contribution in [0.2, 0.25) is 5.02 Å². The van der Waals surface area contributed by atoms with Gasteiger partial charge in [0.1, 0.15) is 5.82 Å². The lowest BCUT2D eigenvalue weighted by atomic mass is 10.2. The second kappa shape index (κ2) is 5.74. The smallest absolute Gasteiger partial charge is 0.203 e. The van der Waals surface area contributed by atoms with Gasteiger partial charge in [-0.2, -0.15) is 0 Å². The van der Waals surface area contributed by atoms with E-state index in [9.17, 15) is 0 Å². The number of benzene rings is 1. The van der Waals surface area contributed by atoms with Crippen LogP contribution in [-0.2, 0) is 0 Å². The van der Waals surface area contributed by atoms with Crippen LogP contribution in [0.3, 0.4) is 0 Å². The molecule has 0 spiro atoms. The number of halogens is 1. The normalized spacial score (nSPS) is 15.4. The molecule has 0 aliphatic carbocycles. The Morgan fingerprint density at radius 1 is 1.09 bits per heavy atom. The number of imidazole rings is 1. The second-order valence-corrected chi connectivity index (χ2v) is 6.27. The molecule has 4 rings (SSSR count). The molecule has 1 aliphatic rings. The number of piperazine rings is 1. The molecule has 1 aromatic carbocycles. The van der Waals surface area contributed by atoms with Crippen molar-refractivity contribution in [1.29, 1.82) is 0 Å². The maximum absolute atomic E-state index is 6.24. The van der Waals surface area contributed by atoms with Gasteiger partial charge in [0.05, 0.1) is 16.1 Å². The summed E-state index contributed by atoms with van der Waals surface area (Å²) in [7, 11) is 0. The van der Waals surface area contributed by atoms with Gasteiger partial charge in [0.25, 0.3) is 0 Å². The van der Waals surface area contributed by atoms with Gasteiger partial charge in [-0.25, -0.2) is 9.97 Å². The van der Waals surface area contributed by atoms with Crippen LogP contribution in [0.1, 0.15) is 5.56 Å². The third-order valence-corrected chi connectivity index (χ3v) is 4.54. The molecule has 23 heavy (non-hydrogen) atoms. The van der Waals surface area contributed by atoms with Gasteiger partial charge in [0.2, 0.25) is 5.95 Å². The number of aromatic nitrogens is 3. The Morgan fingerprint density at radius 3 is 2.65 bits per heavy atom. The zero-order chi connectivity index (χ0) is 15.8. The Kier molecular flexibility index (Phi) is 3.58. The van der Waals surface area contributed by atoms with E-state index in [1.807, 2.05) is 12.1 Å². The van der Waals surface area contributed by atoms with Crippen molar-refractivity contribution in [2.75, 3.05) is 36.0 Å². The first kappa shape index (κ1) is 14.3. The van der Waals surface area contributed by atoms with Gasteiger partial charge < -0.3 is 14.8 Å². The van der Waals surface area contributed by atoms with Crippen LogP contribution < -0.4 is 9.80 Å². The molecule has 1 fully saturated rings. The molecule has 118 valence electrons. The Balaban J connectivity index is 1.51. The molecule has 3 aromatic rings. The number of anilines is 2. The Bertz CT molecular complexity index is 836. The van der Waals surface area contributed by atoms with E-state index in [4.69, 9.17) is 16.6 Å². The van der Waals surface area contributed by atoms with Crippen LogP contribution in [-0.4, -0.2) is 41.1 Å². The highest BCUT2D eigenvalue weighted by molar-refractivity contribution is 6.32. The number of H-pyrrole nitrogens is 1. The van der Waals surface area contributed by atoms with Crippen LogP contribution in [0, 0.1) is 6.92 Å². The number of nitrogens with zero attached hydrogens (tertiary/aromatic N) is 4. The molecular weight excluding hydrogens is 310 g/mol. The van der Waals surface area contributed by atoms with Gasteiger partial charge in [0, 0.05) is 32.4 Å². The molecule has 1 N–H and O–H groups in total. The highest BCUT2D eigenvalue weighted by Gasteiger charge is 2.21. The van der Waals surface area contributed by atoms with Gasteiger partial charge in [-0.3, -0.25) is 0 Å². The molecular formula is C17H18ClN5. The maximum Gasteiger partial charge on any atom is 0.203 e. The largest absolute Gasteiger partial charge is 0.352 e. The molecule has 1 aliphatic heterocycles. The Morgan fingerprint density at radius 2 is 1.87 bits per heavy atom. The summed E-state index contributed by atoms with van der Waals surface area (Å²) in [6.45, 7) is 5.65. The van der Waals surface area contributed by atoms with Gasteiger partial charge in [0.15, 0.2) is 0 Å². The highest BCUT2D eigenvalue weighted by Crippen LogP contribution is 2.25. The first-order chi connectivity index (χ1) is 11.2. The number of hydrogen-bond donors (Lipinski definition) is 1. The van der Waals surface area contributed by atoms with Crippen molar-refractivity contribution in [2.45, 2.75) is 6.92 Å². The third-order valence-electron chi connectivity index (χ3n) is 4.24. The summed E-state index contributed by atoms with van der Waals surface area (Å²) in [5, 5.41) is 0.708. The monoisotopic (exact) mass is 327 g/mol. The zero-order valence-electron chi connectivity index (χ0n) is 13.0. The fourth-order valence-electron chi connectivity index (χ4n) is 3.00. The van der Waals surface area contributed by atoms with Crippen molar-refractivity contribution in [3.63, 3.8) is 0 Å². The number of hydrogen-bond acceptors (Lipinski definition) is 4. The number of aryl methyl sites for hydroxylation is 1. The van der Waals surface area contributed by atoms with Crippen molar-refractivity contribution < 1.29 is 0 Å². The predicted molar refractivity (Wildman–Crippen MR) is 94.5 cm³/mol. The topological polar surface area (TPSA) is 48.1 Å². The van der Waals surface area contributed by atoms with E-state index in [0.29, 0.717) is 5.02 Å². The fraction of sp³-hybridized carbons (Fsp3) is 0.294. The van der Waals surface area contributed by atoms with Crippen molar-refractivity contribution in [3.05, 3.63) is 47.1 Å². The van der Waals surface area contributed by atoms with E-state index >= 15 is 0 Å². The predicted octanol–water partition coefficient (Wildman–Crippen LogP) is 3.25. The van der Waals surface area contributed by atoms with Crippen LogP contribution in [0.4, 0.5) is 11.8 Å². The minimum atomic E-state index is 0.708. The van der Waals surface area contributed by atoms with Crippen molar-refractivity contribution in [1.82, 2.24) is 15.0 Å². The van der Waals surface area contributed by atoms with Crippen LogP contribution in [0.5, 0.6) is 0 Å². The first-order valence-electron chi connectivity index (χ1n) is 7.77. The van der Waals surface area contributed by atoms with Gasteiger partial charge in [-0.15, -0.1) is 0 Å². The van der Waals surface area contributed by atoms with Crippen molar-refractivity contribution in [2.24, 2.45) is 0 Å². The molecule has 6 heteroatoms. The molecule has 0 saturated carbocycles. The first-order valence-corrected chi connectivity index (χ1v) is 8.15. The van der Waals surface area contributed by atoms with Crippen LogP contribution in [0.15, 0.2) is 36.5 Å². The van der Waals surface area contributed by atoms with E-state index in [1.54, 1.807) is 6.20 Å². The number of nitrogens with one attached hydrogen (secondary N) is 1. The SMILES string of the molecule is Cc1ccc2nc(N3CCN(c4ncccc4Cl)CC3)[nH]c2c1. The number of pyridine rings is 1. The van der Waals surface area contributed by atoms with Crippen LogP contribution in [0.25, 0.3) is 11.0 Å². The summed E-state index contributed by atoms with van der Waals surface area (Å²) in [4.78, 5) is 17.0. The molecule has 1 saturated heterocycles. The van der Waals surface area contributed by atoms with Gasteiger partial charge in [-0.05, 0) is 36.8 Å². The van der Waals surface area contributed by atoms with E-state index in [-0.39, 0.29) is 0 Å². The molecule has 2 aromatic heterocycles. The summed E-state index contributed by atoms with van der Waals surface area (Å²) in [6.07, 6.45) is 1.79. The second-order valence-electron chi connectivity index (χ2n) is 5.86. The van der Waals surface area contributed by atoms with E-state index in [1.165, 1.54) is 5.56 Å². The summed E-state index contributed by atoms with van der Waals surface area (Å²) in [6, 6.07) is 10.0. The van der Waals surface area contributed by atoms with Crippen LogP contribution >= 0.6 is 11.6 Å². The summed E-state index contributed by atoms with van der Waals surface area (Å²) in [5.41, 5.74) is 3.35. The van der Waals surface area contributed by atoms with Gasteiger partial charge in [-0.1, -0.05) is 17.7 Å². The van der Waals surface area contributed by atoms with E-state index < -0.39 is 0 Å². The van der Waals surface area contributed by atoms with E-state index in [0.717, 1.165) is 49.0 Å². The summed E-state index contributed by atoms with van der Waals surface area (Å²) in [5.74, 6) is 1.81. The zero-order valence-corrected chi connectivity index (χ0v) is 13.7. The summed E-state index contributed by atoms with van der Waals surface area (Å²) >= 11 is 6.24. The number of rotatable bonds is 2. The maximum atomic E-state index is 6.24. The molecule has 0 atom stereocenters. The number of aromatic amines is 1. The lowest BCUT2D eigenvalue weighted by Gasteiger charge is -2.35. The fourth-order valence-corrected chi connectivity index (χ4v) is 3.24. The minimum absolute atomic E-state index is 0.708. The number of fused-ring (bicyclic) bond motifs is 1. The molecule has 0 unspecified atom stereocenters. The Hall–Kier alpha value is -2.27. The lowest BCUT2D eigenvalue weighted by molar-refractivity contribution is 0.638. The van der Waals surface area contributed by atoms with Gasteiger partial charge >= 0.3 is 0 Å². The molecule has 0 amide bonds. The third kappa shape index (κ3) is 2.72. The Labute approximate surface area is 139 Å². The quantitative estimate of drug-likeness (QED) is 0.785. The van der Waals surface area contributed by atoms with Crippen molar-refractivity contribution in [3.8, 4) is 0 Å². The van der Waals surface area contributed by atoms with Crippen molar-refractivity contribution >= 4 is 34.4 Å². The molecule has 5 nitrogen and oxygen atoms in total. The molecule has 0 bridgehead atoms. The standard InChI is InChI=1S/C17H18ClN5/c1-12-4-5-14-15(11-12)21-17(20-14)23-9-7-22(8-10-23)16-13(18)3-2-6-19-16/h2-6,11H,7-10H2,1H3,(H,20,21). The lowest BCUT2D eigenvalue weighted by Crippen LogP contribution is -2.47. The highest BCUT2D eigenvalue weighted by atomic mass is 35.5.